The molecule has 1 aliphatic carbocycles. The van der Waals surface area contributed by atoms with E-state index in [2.05, 4.69) is 29.2 Å². The molecule has 0 radical (unpaired) electrons. The lowest BCUT2D eigenvalue weighted by Gasteiger charge is -2.50. The molecule has 1 aromatic rings. The van der Waals surface area contributed by atoms with Gasteiger partial charge in [-0.25, -0.2) is 0 Å². The number of piperidine rings is 3. The third-order valence-corrected chi connectivity index (χ3v) is 6.21. The molecule has 114 valence electrons. The van der Waals surface area contributed by atoms with Crippen molar-refractivity contribution in [1.82, 2.24) is 4.90 Å². The van der Waals surface area contributed by atoms with Crippen LogP contribution in [0.25, 0.3) is 0 Å². The molecule has 21 heavy (non-hydrogen) atoms. The fraction of sp³-hybridized carbons (Fsp3) is 0.684. The van der Waals surface area contributed by atoms with Crippen LogP contribution >= 0.6 is 0 Å². The van der Waals surface area contributed by atoms with Crippen LogP contribution in [0.2, 0.25) is 0 Å². The molecule has 0 aromatic heterocycles. The summed E-state index contributed by atoms with van der Waals surface area (Å²) in [7, 11) is 0. The van der Waals surface area contributed by atoms with Crippen molar-refractivity contribution in [1.29, 1.82) is 0 Å². The van der Waals surface area contributed by atoms with Gasteiger partial charge >= 0.3 is 0 Å². The van der Waals surface area contributed by atoms with Crippen LogP contribution in [0.3, 0.4) is 0 Å². The molecule has 0 spiro atoms. The molecule has 4 aliphatic rings. The topological polar surface area (TPSA) is 23.5 Å². The van der Waals surface area contributed by atoms with E-state index in [-0.39, 0.29) is 0 Å². The third kappa shape index (κ3) is 2.43. The molecule has 2 bridgehead atoms. The summed E-state index contributed by atoms with van der Waals surface area (Å²) in [5, 5.41) is 11.2. The number of aliphatic hydroxyl groups is 1. The van der Waals surface area contributed by atoms with Crippen molar-refractivity contribution in [2.24, 2.45) is 5.92 Å². The van der Waals surface area contributed by atoms with E-state index in [1.54, 1.807) is 0 Å². The number of benzene rings is 1. The summed E-state index contributed by atoms with van der Waals surface area (Å²) in [5.74, 6) is 1.22. The van der Waals surface area contributed by atoms with Gasteiger partial charge in [-0.1, -0.05) is 43.5 Å². The number of hydrogen-bond donors (Lipinski definition) is 1. The predicted octanol–water partition coefficient (Wildman–Crippen LogP) is 3.65. The summed E-state index contributed by atoms with van der Waals surface area (Å²) in [6, 6.07) is 9.01. The highest BCUT2D eigenvalue weighted by Crippen LogP contribution is 2.43. The molecular weight excluding hydrogens is 258 g/mol. The maximum atomic E-state index is 11.2. The summed E-state index contributed by atoms with van der Waals surface area (Å²) in [5.41, 5.74) is 2.04. The summed E-state index contributed by atoms with van der Waals surface area (Å²) < 4.78 is 0. The Labute approximate surface area is 128 Å². The van der Waals surface area contributed by atoms with Gasteiger partial charge in [-0.3, -0.25) is 0 Å². The number of rotatable bonds is 2. The standard InChI is InChI=1S/C19H27NO/c21-19(14-20-12-10-18(19)11-13-20)17-8-6-16(7-9-17)15-4-2-1-3-5-15/h6-9,15,18,21H,1-5,10-14H2/t19-/m1/s1. The van der Waals surface area contributed by atoms with E-state index in [1.807, 2.05) is 0 Å². The first-order chi connectivity index (χ1) is 10.3. The first kappa shape index (κ1) is 13.8. The smallest absolute Gasteiger partial charge is 0.105 e. The van der Waals surface area contributed by atoms with Crippen LogP contribution in [0, 0.1) is 5.92 Å². The van der Waals surface area contributed by atoms with Crippen molar-refractivity contribution >= 4 is 0 Å². The van der Waals surface area contributed by atoms with Gasteiger partial charge in [-0.2, -0.15) is 0 Å². The van der Waals surface area contributed by atoms with E-state index in [1.165, 1.54) is 50.8 Å². The third-order valence-electron chi connectivity index (χ3n) is 6.21. The van der Waals surface area contributed by atoms with E-state index in [4.69, 9.17) is 0 Å². The second kappa shape index (κ2) is 5.40. The monoisotopic (exact) mass is 285 g/mol. The highest BCUT2D eigenvalue weighted by Gasteiger charge is 2.46. The minimum atomic E-state index is -0.596. The highest BCUT2D eigenvalue weighted by molar-refractivity contribution is 5.31. The molecular formula is C19H27NO. The van der Waals surface area contributed by atoms with E-state index < -0.39 is 5.60 Å². The zero-order valence-electron chi connectivity index (χ0n) is 12.9. The molecule has 4 fully saturated rings. The molecule has 3 saturated heterocycles. The predicted molar refractivity (Wildman–Crippen MR) is 85.3 cm³/mol. The number of nitrogens with zero attached hydrogens (tertiary/aromatic N) is 1. The highest BCUT2D eigenvalue weighted by atomic mass is 16.3. The van der Waals surface area contributed by atoms with Crippen molar-refractivity contribution in [2.75, 3.05) is 19.6 Å². The second-order valence-corrected chi connectivity index (χ2v) is 7.43. The van der Waals surface area contributed by atoms with Crippen molar-refractivity contribution in [3.8, 4) is 0 Å². The second-order valence-electron chi connectivity index (χ2n) is 7.43. The Balaban J connectivity index is 1.55. The van der Waals surface area contributed by atoms with Crippen molar-refractivity contribution in [3.63, 3.8) is 0 Å². The summed E-state index contributed by atoms with van der Waals surface area (Å²) in [4.78, 5) is 2.43. The molecule has 1 aromatic carbocycles. The molecule has 0 unspecified atom stereocenters. The lowest BCUT2D eigenvalue weighted by atomic mass is 9.71. The van der Waals surface area contributed by atoms with Crippen LogP contribution in [0.4, 0.5) is 0 Å². The number of hydrogen-bond acceptors (Lipinski definition) is 2. The van der Waals surface area contributed by atoms with Crippen LogP contribution in [0.5, 0.6) is 0 Å². The SMILES string of the molecule is O[C@@]1(c2ccc(C3CCCCC3)cc2)CN2CCC1CC2. The van der Waals surface area contributed by atoms with Gasteiger partial charge in [0.2, 0.25) is 0 Å². The zero-order valence-corrected chi connectivity index (χ0v) is 12.9. The summed E-state index contributed by atoms with van der Waals surface area (Å²) in [6.45, 7) is 3.18. The summed E-state index contributed by atoms with van der Waals surface area (Å²) >= 11 is 0. The molecule has 2 nitrogen and oxygen atoms in total. The Hall–Kier alpha value is -0.860. The van der Waals surface area contributed by atoms with E-state index in [0.29, 0.717) is 5.92 Å². The van der Waals surface area contributed by atoms with Gasteiger partial charge in [-0.05, 0) is 61.7 Å². The van der Waals surface area contributed by atoms with Crippen molar-refractivity contribution in [2.45, 2.75) is 56.5 Å². The van der Waals surface area contributed by atoms with E-state index in [9.17, 15) is 5.11 Å². The maximum Gasteiger partial charge on any atom is 0.105 e. The Kier molecular flexibility index (Phi) is 3.55. The van der Waals surface area contributed by atoms with E-state index >= 15 is 0 Å². The average Bonchev–Trinajstić information content (AvgIpc) is 2.57. The lowest BCUT2D eigenvalue weighted by molar-refractivity contribution is -0.117. The molecule has 2 heteroatoms. The van der Waals surface area contributed by atoms with Crippen molar-refractivity contribution < 1.29 is 5.11 Å². The Morgan fingerprint density at radius 3 is 2.14 bits per heavy atom. The minimum Gasteiger partial charge on any atom is -0.384 e. The van der Waals surface area contributed by atoms with Gasteiger partial charge in [-0.15, -0.1) is 0 Å². The molecule has 0 amide bonds. The Morgan fingerprint density at radius 1 is 0.905 bits per heavy atom. The maximum absolute atomic E-state index is 11.2. The number of fused-ring (bicyclic) bond motifs is 3. The Morgan fingerprint density at radius 2 is 1.57 bits per heavy atom. The first-order valence-electron chi connectivity index (χ1n) is 8.81. The van der Waals surface area contributed by atoms with Gasteiger partial charge in [0.25, 0.3) is 0 Å². The molecule has 3 aliphatic heterocycles. The fourth-order valence-corrected chi connectivity index (χ4v) is 4.85. The first-order valence-corrected chi connectivity index (χ1v) is 8.81. The van der Waals surface area contributed by atoms with Crippen molar-refractivity contribution in [3.05, 3.63) is 35.4 Å². The normalized spacial score (nSPS) is 36.8. The molecule has 3 heterocycles. The van der Waals surface area contributed by atoms with Gasteiger partial charge < -0.3 is 10.0 Å². The lowest BCUT2D eigenvalue weighted by Crippen LogP contribution is -2.57. The summed E-state index contributed by atoms with van der Waals surface area (Å²) in [6.07, 6.45) is 9.18. The Bertz CT molecular complexity index is 483. The van der Waals surface area contributed by atoms with Crippen LogP contribution < -0.4 is 0 Å². The van der Waals surface area contributed by atoms with Crippen LogP contribution in [0.15, 0.2) is 24.3 Å². The fourth-order valence-electron chi connectivity index (χ4n) is 4.85. The van der Waals surface area contributed by atoms with Crippen LogP contribution in [-0.2, 0) is 5.60 Å². The quantitative estimate of drug-likeness (QED) is 0.896. The largest absolute Gasteiger partial charge is 0.384 e. The van der Waals surface area contributed by atoms with Gasteiger partial charge in [0.1, 0.15) is 5.60 Å². The van der Waals surface area contributed by atoms with Gasteiger partial charge in [0, 0.05) is 6.54 Å². The van der Waals surface area contributed by atoms with Gasteiger partial charge in [0.15, 0.2) is 0 Å². The average molecular weight is 285 g/mol. The molecule has 5 rings (SSSR count). The van der Waals surface area contributed by atoms with Gasteiger partial charge in [0.05, 0.1) is 0 Å². The molecule has 1 saturated carbocycles. The molecule has 1 N–H and O–H groups in total. The van der Waals surface area contributed by atoms with E-state index in [0.717, 1.165) is 30.9 Å². The van der Waals surface area contributed by atoms with Crippen LogP contribution in [-0.4, -0.2) is 29.6 Å². The molecule has 1 atom stereocenters. The minimum absolute atomic E-state index is 0.461. The zero-order chi connectivity index (χ0) is 14.3. The van der Waals surface area contributed by atoms with Crippen LogP contribution in [0.1, 0.15) is 62.0 Å².